The first-order chi connectivity index (χ1) is 9.72. The van der Waals surface area contributed by atoms with E-state index in [-0.39, 0.29) is 12.1 Å². The summed E-state index contributed by atoms with van der Waals surface area (Å²) in [5, 5.41) is 0. The van der Waals surface area contributed by atoms with E-state index < -0.39 is 0 Å². The second kappa shape index (κ2) is 6.02. The van der Waals surface area contributed by atoms with Crippen LogP contribution in [0.5, 0.6) is 11.5 Å². The summed E-state index contributed by atoms with van der Waals surface area (Å²) in [6, 6.07) is 8.17. The molecule has 3 rings (SSSR count). The van der Waals surface area contributed by atoms with Gasteiger partial charge in [-0.3, -0.25) is 4.90 Å². The summed E-state index contributed by atoms with van der Waals surface area (Å²) in [5.74, 6) is 2.33. The third kappa shape index (κ3) is 3.07. The molecule has 0 amide bonds. The molecular formula is C16H24N2O2. The molecule has 110 valence electrons. The van der Waals surface area contributed by atoms with Gasteiger partial charge < -0.3 is 15.2 Å². The van der Waals surface area contributed by atoms with E-state index in [1.807, 2.05) is 24.3 Å². The van der Waals surface area contributed by atoms with E-state index in [0.29, 0.717) is 12.5 Å². The van der Waals surface area contributed by atoms with Gasteiger partial charge in [-0.15, -0.1) is 0 Å². The monoisotopic (exact) mass is 276 g/mol. The first-order valence-corrected chi connectivity index (χ1v) is 7.59. The second-order valence-electron chi connectivity index (χ2n) is 6.02. The smallest absolute Gasteiger partial charge is 0.161 e. The molecule has 1 fully saturated rings. The quantitative estimate of drug-likeness (QED) is 0.916. The van der Waals surface area contributed by atoms with Crippen molar-refractivity contribution in [3.8, 4) is 11.5 Å². The van der Waals surface area contributed by atoms with Gasteiger partial charge >= 0.3 is 0 Å². The van der Waals surface area contributed by atoms with Crippen LogP contribution in [0.1, 0.15) is 19.8 Å². The van der Waals surface area contributed by atoms with Crippen molar-refractivity contribution in [3.05, 3.63) is 24.3 Å². The summed E-state index contributed by atoms with van der Waals surface area (Å²) >= 11 is 0. The SMILES string of the molecule is CC(N)C1CCCN(CC2COc3ccccc3O2)C1. The Morgan fingerprint density at radius 2 is 2.15 bits per heavy atom. The molecule has 2 aliphatic heterocycles. The minimum Gasteiger partial charge on any atom is -0.486 e. The first kappa shape index (κ1) is 13.7. The van der Waals surface area contributed by atoms with Crippen LogP contribution in [0.25, 0.3) is 0 Å². The van der Waals surface area contributed by atoms with Gasteiger partial charge in [0.15, 0.2) is 11.5 Å². The molecule has 20 heavy (non-hydrogen) atoms. The fourth-order valence-electron chi connectivity index (χ4n) is 3.13. The van der Waals surface area contributed by atoms with E-state index in [4.69, 9.17) is 15.2 Å². The van der Waals surface area contributed by atoms with Crippen LogP contribution in [0, 0.1) is 5.92 Å². The van der Waals surface area contributed by atoms with Crippen LogP contribution in [0.2, 0.25) is 0 Å². The molecule has 4 heteroatoms. The molecule has 0 spiro atoms. The molecule has 1 aromatic carbocycles. The molecule has 1 aromatic rings. The van der Waals surface area contributed by atoms with Crippen LogP contribution >= 0.6 is 0 Å². The van der Waals surface area contributed by atoms with Gasteiger partial charge in [-0.05, 0) is 44.4 Å². The largest absolute Gasteiger partial charge is 0.486 e. The summed E-state index contributed by atoms with van der Waals surface area (Å²) in [7, 11) is 0. The van der Waals surface area contributed by atoms with Crippen molar-refractivity contribution in [3.63, 3.8) is 0 Å². The van der Waals surface area contributed by atoms with E-state index in [9.17, 15) is 0 Å². The highest BCUT2D eigenvalue weighted by Crippen LogP contribution is 2.31. The lowest BCUT2D eigenvalue weighted by Crippen LogP contribution is -2.47. The number of ether oxygens (including phenoxy) is 2. The fourth-order valence-corrected chi connectivity index (χ4v) is 3.13. The van der Waals surface area contributed by atoms with Gasteiger partial charge in [-0.1, -0.05) is 12.1 Å². The summed E-state index contributed by atoms with van der Waals surface area (Å²) in [4.78, 5) is 2.47. The van der Waals surface area contributed by atoms with Crippen LogP contribution in [0.4, 0.5) is 0 Å². The van der Waals surface area contributed by atoms with Crippen molar-refractivity contribution in [1.82, 2.24) is 4.90 Å². The Morgan fingerprint density at radius 3 is 2.95 bits per heavy atom. The van der Waals surface area contributed by atoms with Gasteiger partial charge in [0, 0.05) is 19.1 Å². The number of nitrogens with two attached hydrogens (primary N) is 1. The molecular weight excluding hydrogens is 252 g/mol. The maximum Gasteiger partial charge on any atom is 0.161 e. The fraction of sp³-hybridized carbons (Fsp3) is 0.625. The molecule has 3 unspecified atom stereocenters. The molecule has 2 heterocycles. The Morgan fingerprint density at radius 1 is 1.35 bits per heavy atom. The zero-order valence-corrected chi connectivity index (χ0v) is 12.1. The molecule has 2 N–H and O–H groups in total. The van der Waals surface area contributed by atoms with E-state index in [0.717, 1.165) is 31.1 Å². The maximum absolute atomic E-state index is 6.04. The molecule has 3 atom stereocenters. The molecule has 0 bridgehead atoms. The van der Waals surface area contributed by atoms with Crippen molar-refractivity contribution >= 4 is 0 Å². The number of fused-ring (bicyclic) bond motifs is 1. The van der Waals surface area contributed by atoms with Gasteiger partial charge in [-0.25, -0.2) is 0 Å². The van der Waals surface area contributed by atoms with Crippen LogP contribution in [0.15, 0.2) is 24.3 Å². The number of hydrogen-bond donors (Lipinski definition) is 1. The Balaban J connectivity index is 1.57. The molecule has 0 aromatic heterocycles. The number of piperidine rings is 1. The second-order valence-corrected chi connectivity index (χ2v) is 6.02. The normalized spacial score (nSPS) is 28.1. The van der Waals surface area contributed by atoms with Gasteiger partial charge in [0.25, 0.3) is 0 Å². The minimum absolute atomic E-state index is 0.122. The number of para-hydroxylation sites is 2. The van der Waals surface area contributed by atoms with Crippen molar-refractivity contribution in [2.45, 2.75) is 31.9 Å². The molecule has 0 radical (unpaired) electrons. The highest BCUT2D eigenvalue weighted by atomic mass is 16.6. The van der Waals surface area contributed by atoms with E-state index in [1.54, 1.807) is 0 Å². The van der Waals surface area contributed by atoms with Gasteiger partial charge in [0.05, 0.1) is 0 Å². The lowest BCUT2D eigenvalue weighted by atomic mass is 9.92. The number of hydrogen-bond acceptors (Lipinski definition) is 4. The predicted octanol–water partition coefficient (Wildman–Crippen LogP) is 1.89. The van der Waals surface area contributed by atoms with E-state index in [2.05, 4.69) is 11.8 Å². The summed E-state index contributed by atoms with van der Waals surface area (Å²) in [6.45, 7) is 5.91. The third-order valence-electron chi connectivity index (χ3n) is 4.31. The lowest BCUT2D eigenvalue weighted by Gasteiger charge is -2.37. The first-order valence-electron chi connectivity index (χ1n) is 7.59. The van der Waals surface area contributed by atoms with Gasteiger partial charge in [-0.2, -0.15) is 0 Å². The van der Waals surface area contributed by atoms with Crippen LogP contribution in [-0.2, 0) is 0 Å². The van der Waals surface area contributed by atoms with Gasteiger partial charge in [0.1, 0.15) is 12.7 Å². The highest BCUT2D eigenvalue weighted by molar-refractivity contribution is 5.40. The molecule has 1 saturated heterocycles. The topological polar surface area (TPSA) is 47.7 Å². The van der Waals surface area contributed by atoms with Crippen LogP contribution in [-0.4, -0.2) is 43.3 Å². The van der Waals surface area contributed by atoms with Gasteiger partial charge in [0.2, 0.25) is 0 Å². The Bertz CT molecular complexity index is 450. The van der Waals surface area contributed by atoms with Crippen molar-refractivity contribution in [2.75, 3.05) is 26.2 Å². The number of likely N-dealkylation sites (tertiary alicyclic amines) is 1. The molecule has 4 nitrogen and oxygen atoms in total. The maximum atomic E-state index is 6.04. The predicted molar refractivity (Wildman–Crippen MR) is 79.2 cm³/mol. The number of rotatable bonds is 3. The van der Waals surface area contributed by atoms with Crippen LogP contribution < -0.4 is 15.2 Å². The number of benzene rings is 1. The number of nitrogens with zero attached hydrogens (tertiary/aromatic N) is 1. The molecule has 0 aliphatic carbocycles. The average Bonchev–Trinajstić information content (AvgIpc) is 2.47. The summed E-state index contributed by atoms with van der Waals surface area (Å²) in [5.41, 5.74) is 6.04. The molecule has 0 saturated carbocycles. The highest BCUT2D eigenvalue weighted by Gasteiger charge is 2.27. The Hall–Kier alpha value is -1.26. The van der Waals surface area contributed by atoms with Crippen molar-refractivity contribution in [2.24, 2.45) is 11.7 Å². The Labute approximate surface area is 120 Å². The summed E-state index contributed by atoms with van der Waals surface area (Å²) < 4.78 is 11.8. The zero-order valence-electron chi connectivity index (χ0n) is 12.1. The molecule has 2 aliphatic rings. The Kier molecular flexibility index (Phi) is 4.13. The minimum atomic E-state index is 0.122. The zero-order chi connectivity index (χ0) is 13.9. The third-order valence-corrected chi connectivity index (χ3v) is 4.31. The lowest BCUT2D eigenvalue weighted by molar-refractivity contribution is 0.0431. The van der Waals surface area contributed by atoms with E-state index in [1.165, 1.54) is 12.8 Å². The summed E-state index contributed by atoms with van der Waals surface area (Å²) in [6.07, 6.45) is 2.60. The standard InChI is InChI=1S/C16H24N2O2/c1-12(17)13-5-4-8-18(9-13)10-14-11-19-15-6-2-3-7-16(15)20-14/h2-3,6-7,12-14H,4-5,8-11,17H2,1H3. The van der Waals surface area contributed by atoms with Crippen LogP contribution in [0.3, 0.4) is 0 Å². The van der Waals surface area contributed by atoms with Crippen molar-refractivity contribution < 1.29 is 9.47 Å². The van der Waals surface area contributed by atoms with Crippen molar-refractivity contribution in [1.29, 1.82) is 0 Å². The average molecular weight is 276 g/mol. The van der Waals surface area contributed by atoms with E-state index >= 15 is 0 Å².